The molecule has 4 atom stereocenters. The number of amides is 2. The highest BCUT2D eigenvalue weighted by Crippen LogP contribution is 2.73. The number of hydrazone groups is 1. The van der Waals surface area contributed by atoms with Crippen molar-refractivity contribution in [3.05, 3.63) is 35.9 Å². The number of hydrogen-bond acceptors (Lipinski definition) is 5. The highest BCUT2D eigenvalue weighted by molar-refractivity contribution is 6.07. The molecule has 1 spiro atoms. The number of hydrogen-bond donors (Lipinski definition) is 0. The van der Waals surface area contributed by atoms with Crippen molar-refractivity contribution in [3.63, 3.8) is 0 Å². The van der Waals surface area contributed by atoms with Crippen LogP contribution in [0, 0.1) is 29.1 Å². The van der Waals surface area contributed by atoms with Crippen LogP contribution in [0.15, 0.2) is 35.5 Å². The van der Waals surface area contributed by atoms with E-state index in [2.05, 4.69) is 17.3 Å². The number of methoxy groups -OCH3 is 2. The molecule has 4 unspecified atom stereocenters. The molecule has 0 N–H and O–H groups in total. The molecule has 6 nitrogen and oxygen atoms in total. The van der Waals surface area contributed by atoms with Crippen LogP contribution in [0.4, 0.5) is 0 Å². The van der Waals surface area contributed by atoms with E-state index in [4.69, 9.17) is 9.47 Å². The number of carbonyl (C=O) groups excluding carboxylic acids is 2. The van der Waals surface area contributed by atoms with Crippen LogP contribution in [0.25, 0.3) is 0 Å². The summed E-state index contributed by atoms with van der Waals surface area (Å²) in [6.07, 6.45) is 8.12. The van der Waals surface area contributed by atoms with E-state index in [0.29, 0.717) is 11.5 Å². The highest BCUT2D eigenvalue weighted by atomic mass is 16.5. The largest absolute Gasteiger partial charge is 0.493 e. The number of ether oxygens (including phenoxy) is 2. The molecule has 3 aliphatic carbocycles. The lowest BCUT2D eigenvalue weighted by Gasteiger charge is -2.18. The van der Waals surface area contributed by atoms with Gasteiger partial charge in [-0.25, -0.2) is 0 Å². The fourth-order valence-corrected chi connectivity index (χ4v) is 5.23. The van der Waals surface area contributed by atoms with Gasteiger partial charge in [0.25, 0.3) is 11.8 Å². The minimum Gasteiger partial charge on any atom is -0.493 e. The normalized spacial score (nSPS) is 32.8. The third-order valence-corrected chi connectivity index (χ3v) is 6.56. The van der Waals surface area contributed by atoms with Gasteiger partial charge < -0.3 is 9.47 Å². The van der Waals surface area contributed by atoms with Gasteiger partial charge in [0.05, 0.1) is 32.3 Å². The van der Waals surface area contributed by atoms with E-state index in [1.165, 1.54) is 6.21 Å². The molecular weight excluding hydrogens is 332 g/mol. The van der Waals surface area contributed by atoms with E-state index < -0.39 is 0 Å². The maximum Gasteiger partial charge on any atom is 0.254 e. The summed E-state index contributed by atoms with van der Waals surface area (Å²) in [6, 6.07) is 5.34. The molecule has 2 amide bonds. The third kappa shape index (κ3) is 1.84. The number of nitrogens with zero attached hydrogens (tertiary/aromatic N) is 2. The first-order valence-electron chi connectivity index (χ1n) is 8.93. The molecule has 1 heterocycles. The predicted molar refractivity (Wildman–Crippen MR) is 93.8 cm³/mol. The first-order valence-corrected chi connectivity index (χ1v) is 8.93. The molecule has 1 aromatic rings. The maximum absolute atomic E-state index is 12.9. The first-order chi connectivity index (χ1) is 12.6. The Labute approximate surface area is 151 Å². The number of benzene rings is 1. The van der Waals surface area contributed by atoms with Crippen LogP contribution in [0.2, 0.25) is 0 Å². The number of carbonyl (C=O) groups is 2. The average molecular weight is 352 g/mol. The standard InChI is InChI=1S/C20H20N2O4/c1-25-14-6-3-11(9-15(14)26-2)10-21-22-18(23)16-12-4-5-13(17(16)19(22)24)20(12)7-8-20/h3-6,9-10,12-13,16-17H,7-8H2,1-2H3. The molecule has 1 saturated heterocycles. The van der Waals surface area contributed by atoms with E-state index in [-0.39, 0.29) is 40.9 Å². The molecule has 2 saturated carbocycles. The van der Waals surface area contributed by atoms with Crippen molar-refractivity contribution in [2.24, 2.45) is 34.2 Å². The van der Waals surface area contributed by atoms with E-state index in [1.807, 2.05) is 0 Å². The molecule has 134 valence electrons. The smallest absolute Gasteiger partial charge is 0.254 e. The van der Waals surface area contributed by atoms with Gasteiger partial charge in [-0.3, -0.25) is 9.59 Å². The summed E-state index contributed by atoms with van der Waals surface area (Å²) in [7, 11) is 3.13. The summed E-state index contributed by atoms with van der Waals surface area (Å²) in [5, 5.41) is 5.30. The molecular formula is C20H20N2O4. The second-order valence-corrected chi connectivity index (χ2v) is 7.57. The van der Waals surface area contributed by atoms with E-state index in [1.54, 1.807) is 32.4 Å². The molecule has 6 heteroatoms. The summed E-state index contributed by atoms with van der Waals surface area (Å²) in [6.45, 7) is 0. The van der Waals surface area contributed by atoms with Crippen molar-refractivity contribution >= 4 is 18.0 Å². The van der Waals surface area contributed by atoms with Gasteiger partial charge >= 0.3 is 0 Å². The highest BCUT2D eigenvalue weighted by Gasteiger charge is 2.73. The van der Waals surface area contributed by atoms with Gasteiger partial charge in [0, 0.05) is 0 Å². The number of rotatable bonds is 4. The molecule has 4 aliphatic rings. The van der Waals surface area contributed by atoms with Crippen LogP contribution in [-0.4, -0.2) is 37.3 Å². The Morgan fingerprint density at radius 3 is 2.19 bits per heavy atom. The molecule has 1 aliphatic heterocycles. The Morgan fingerprint density at radius 2 is 1.65 bits per heavy atom. The fourth-order valence-electron chi connectivity index (χ4n) is 5.23. The lowest BCUT2D eigenvalue weighted by Crippen LogP contribution is -2.30. The van der Waals surface area contributed by atoms with Crippen LogP contribution in [0.3, 0.4) is 0 Å². The predicted octanol–water partition coefficient (Wildman–Crippen LogP) is 2.23. The van der Waals surface area contributed by atoms with Crippen LogP contribution < -0.4 is 9.47 Å². The molecule has 1 aromatic carbocycles. The first kappa shape index (κ1) is 15.6. The van der Waals surface area contributed by atoms with Gasteiger partial charge in [-0.2, -0.15) is 10.1 Å². The number of allylic oxidation sites excluding steroid dienone is 2. The summed E-state index contributed by atoms with van der Waals surface area (Å²) in [5.41, 5.74) is 0.944. The van der Waals surface area contributed by atoms with Gasteiger partial charge in [-0.05, 0) is 53.9 Å². The molecule has 26 heavy (non-hydrogen) atoms. The van der Waals surface area contributed by atoms with Crippen LogP contribution in [-0.2, 0) is 9.59 Å². The fraction of sp³-hybridized carbons (Fsp3) is 0.450. The molecule has 0 aromatic heterocycles. The number of imide groups is 1. The SMILES string of the molecule is COc1ccc(C=NN2C(=O)C3C(C2=O)C2C=CC3C23CC3)cc1OC. The second-order valence-electron chi connectivity index (χ2n) is 7.57. The molecule has 0 radical (unpaired) electrons. The Bertz CT molecular complexity index is 837. The zero-order chi connectivity index (χ0) is 18.1. The topological polar surface area (TPSA) is 68.2 Å². The average Bonchev–Trinajstić information content (AvgIpc) is 3.26. The summed E-state index contributed by atoms with van der Waals surface area (Å²) in [4.78, 5) is 25.7. The zero-order valence-electron chi connectivity index (χ0n) is 14.7. The minimum absolute atomic E-state index is 0.153. The van der Waals surface area contributed by atoms with E-state index >= 15 is 0 Å². The number of fused-ring (bicyclic) bond motifs is 3. The van der Waals surface area contributed by atoms with Gasteiger partial charge in [0.1, 0.15) is 0 Å². The van der Waals surface area contributed by atoms with Gasteiger partial charge in [-0.1, -0.05) is 12.2 Å². The summed E-state index contributed by atoms with van der Waals surface area (Å²) >= 11 is 0. The van der Waals surface area contributed by atoms with Crippen molar-refractivity contribution in [2.75, 3.05) is 14.2 Å². The van der Waals surface area contributed by atoms with E-state index in [9.17, 15) is 9.59 Å². The molecule has 2 bridgehead atoms. The van der Waals surface area contributed by atoms with Gasteiger partial charge in [0.15, 0.2) is 11.5 Å². The van der Waals surface area contributed by atoms with Crippen LogP contribution in [0.5, 0.6) is 11.5 Å². The van der Waals surface area contributed by atoms with Crippen LogP contribution >= 0.6 is 0 Å². The Balaban J connectivity index is 1.40. The summed E-state index contributed by atoms with van der Waals surface area (Å²) in [5.74, 6) is 0.880. The van der Waals surface area contributed by atoms with Crippen molar-refractivity contribution < 1.29 is 19.1 Å². The van der Waals surface area contributed by atoms with Crippen molar-refractivity contribution in [1.29, 1.82) is 0 Å². The lowest BCUT2D eigenvalue weighted by atomic mass is 9.85. The van der Waals surface area contributed by atoms with E-state index in [0.717, 1.165) is 23.4 Å². The summed E-state index contributed by atoms with van der Waals surface area (Å²) < 4.78 is 10.5. The maximum atomic E-state index is 12.9. The van der Waals surface area contributed by atoms with Crippen LogP contribution in [0.1, 0.15) is 18.4 Å². The van der Waals surface area contributed by atoms with Crippen molar-refractivity contribution in [3.8, 4) is 11.5 Å². The van der Waals surface area contributed by atoms with Crippen molar-refractivity contribution in [1.82, 2.24) is 5.01 Å². The Hall–Kier alpha value is -2.63. The second kappa shape index (κ2) is 5.19. The minimum atomic E-state index is -0.220. The third-order valence-electron chi connectivity index (χ3n) is 6.56. The quantitative estimate of drug-likeness (QED) is 0.473. The Morgan fingerprint density at radius 1 is 1.04 bits per heavy atom. The molecule has 3 fully saturated rings. The van der Waals surface area contributed by atoms with Gasteiger partial charge in [-0.15, -0.1) is 0 Å². The van der Waals surface area contributed by atoms with Crippen molar-refractivity contribution in [2.45, 2.75) is 12.8 Å². The molecule has 5 rings (SSSR count). The monoisotopic (exact) mass is 352 g/mol. The Kier molecular flexibility index (Phi) is 3.12. The lowest BCUT2D eigenvalue weighted by molar-refractivity contribution is -0.141. The van der Waals surface area contributed by atoms with Gasteiger partial charge in [0.2, 0.25) is 0 Å². The zero-order valence-corrected chi connectivity index (χ0v) is 14.7.